The van der Waals surface area contributed by atoms with Gasteiger partial charge in [0.05, 0.1) is 0 Å². The average molecular weight is 757 g/mol. The molecule has 0 aromatic heterocycles. The summed E-state index contributed by atoms with van der Waals surface area (Å²) in [5, 5.41) is 5.48. The molecule has 6 aromatic rings. The number of halogens is 2. The molecule has 0 radical (unpaired) electrons. The molecule has 0 bridgehead atoms. The predicted molar refractivity (Wildman–Crippen MR) is 215 cm³/mol. The van der Waals surface area contributed by atoms with Gasteiger partial charge in [0.1, 0.15) is 0 Å². The van der Waals surface area contributed by atoms with Crippen molar-refractivity contribution in [2.45, 2.75) is 91.9 Å². The molecule has 0 heterocycles. The molecule has 0 atom stereocenters. The molecule has 0 unspecified atom stereocenters. The Hall–Kier alpha value is -2.57. The quantitative estimate of drug-likeness (QED) is 0.158. The molecule has 0 aliphatic rings. The Balaban J connectivity index is 0.000000260. The predicted octanol–water partition coefficient (Wildman–Crippen LogP) is 13.2. The number of rotatable bonds is 3. The fraction of sp³-hybridized carbons (Fsp3) is 0.311. The van der Waals surface area contributed by atoms with Crippen LogP contribution in [0.2, 0.25) is 0 Å². The van der Waals surface area contributed by atoms with E-state index < -0.39 is 0 Å². The van der Waals surface area contributed by atoms with Crippen molar-refractivity contribution in [3.05, 3.63) is 155 Å². The van der Waals surface area contributed by atoms with Gasteiger partial charge in [0.15, 0.2) is 0 Å². The molecule has 0 nitrogen and oxygen atoms in total. The van der Waals surface area contributed by atoms with Crippen LogP contribution in [-0.2, 0) is 46.9 Å². The minimum absolute atomic E-state index is 0. The van der Waals surface area contributed by atoms with E-state index in [1.54, 1.807) is 0 Å². The monoisotopic (exact) mass is 754 g/mol. The fourth-order valence-electron chi connectivity index (χ4n) is 5.51. The molecule has 0 spiro atoms. The zero-order chi connectivity index (χ0) is 33.7. The summed E-state index contributed by atoms with van der Waals surface area (Å²) in [6.07, 6.45) is 1.15. The Morgan fingerprint density at radius 3 is 1.27 bits per heavy atom. The molecule has 6 rings (SSSR count). The van der Waals surface area contributed by atoms with Crippen molar-refractivity contribution < 1.29 is 24.2 Å². The van der Waals surface area contributed by atoms with Crippen LogP contribution in [0.3, 0.4) is 0 Å². The van der Waals surface area contributed by atoms with Gasteiger partial charge in [0, 0.05) is 0 Å². The summed E-state index contributed by atoms with van der Waals surface area (Å²) in [6, 6.07) is 44.0. The second-order valence-corrected chi connectivity index (χ2v) is 16.7. The van der Waals surface area contributed by atoms with E-state index >= 15 is 0 Å². The molecule has 0 aliphatic heterocycles. The van der Waals surface area contributed by atoms with E-state index in [-0.39, 0.29) is 35.6 Å². The van der Waals surface area contributed by atoms with E-state index in [1.807, 2.05) is 0 Å². The Labute approximate surface area is 318 Å². The van der Waals surface area contributed by atoms with Crippen molar-refractivity contribution in [1.29, 1.82) is 0 Å². The number of aryl methyl sites for hydroxylation is 1. The summed E-state index contributed by atoms with van der Waals surface area (Å²) >= 11 is 1.46. The van der Waals surface area contributed by atoms with Gasteiger partial charge in [-0.15, -0.1) is 64.6 Å². The van der Waals surface area contributed by atoms with Crippen LogP contribution < -0.4 is 0 Å². The van der Waals surface area contributed by atoms with Gasteiger partial charge >= 0.3 is 99.2 Å². The van der Waals surface area contributed by atoms with Crippen molar-refractivity contribution in [2.75, 3.05) is 0 Å². The van der Waals surface area contributed by atoms with Crippen molar-refractivity contribution in [3.8, 4) is 0 Å². The van der Waals surface area contributed by atoms with Gasteiger partial charge in [-0.25, -0.2) is 6.07 Å². The maximum absolute atomic E-state index is 2.35. The Kier molecular flexibility index (Phi) is 15.1. The second kappa shape index (κ2) is 17.4. The third-order valence-electron chi connectivity index (χ3n) is 8.65. The summed E-state index contributed by atoms with van der Waals surface area (Å²) in [5.41, 5.74) is 9.09. The standard InChI is InChI=1S/C21H25.C13H10.C11H17.2ClH.Zr/c1-20(2,3)16-7-9-18-14(12-16)11-15-13-17(21(4,5)6)8-10-19(15)18;1-3-7-12(8-4-1)11-13-9-5-2-6-10-13;1-5-9-6-7-10(8-9)11(2,3)4;;;/h7-13H,1-6H3;1-10H;6-8H,5H2,1-4H3;2*1H;/q-1;;-1;;;+2. The normalized spacial score (nSPS) is 11.4. The average Bonchev–Trinajstić information content (AvgIpc) is 3.66. The molecule has 252 valence electrons. The first-order valence-electron chi connectivity index (χ1n) is 16.7. The van der Waals surface area contributed by atoms with Gasteiger partial charge in [0.25, 0.3) is 0 Å². The molecule has 48 heavy (non-hydrogen) atoms. The SMILES string of the molecule is CC(C)(C)c1ccc2c(c1)[cH-]c1cc(C(C)(C)C)ccc12.CC[c-]1ccc(C(C)(C)C)c1.Cl.Cl.[Zr+2]=[C](c1ccccc1)c1ccccc1. The van der Waals surface area contributed by atoms with E-state index in [0.29, 0.717) is 5.41 Å². The first kappa shape index (κ1) is 41.6. The fourth-order valence-corrected chi connectivity index (χ4v) is 6.33. The van der Waals surface area contributed by atoms with Crippen molar-refractivity contribution in [1.82, 2.24) is 0 Å². The first-order chi connectivity index (χ1) is 21.6. The van der Waals surface area contributed by atoms with Gasteiger partial charge in [-0.05, 0) is 10.8 Å². The Bertz CT molecular complexity index is 1760. The second-order valence-electron chi connectivity index (χ2n) is 15.5. The van der Waals surface area contributed by atoms with Crippen molar-refractivity contribution >= 4 is 49.6 Å². The summed E-state index contributed by atoms with van der Waals surface area (Å²) in [6.45, 7) is 22.6. The minimum atomic E-state index is 0. The molecule has 0 amide bonds. The van der Waals surface area contributed by atoms with Crippen LogP contribution in [0.25, 0.3) is 21.5 Å². The number of hydrogen-bond acceptors (Lipinski definition) is 0. The maximum atomic E-state index is 2.35. The third kappa shape index (κ3) is 11.0. The molecule has 0 N–H and O–H groups in total. The zero-order valence-electron chi connectivity index (χ0n) is 30.6. The van der Waals surface area contributed by atoms with Crippen LogP contribution in [0.1, 0.15) is 103 Å². The van der Waals surface area contributed by atoms with E-state index in [4.69, 9.17) is 0 Å². The van der Waals surface area contributed by atoms with E-state index in [1.165, 1.54) is 82.4 Å². The Morgan fingerprint density at radius 1 is 0.562 bits per heavy atom. The van der Waals surface area contributed by atoms with Gasteiger partial charge in [0.2, 0.25) is 0 Å². The molecule has 6 aromatic carbocycles. The van der Waals surface area contributed by atoms with Gasteiger partial charge in [-0.1, -0.05) is 116 Å². The zero-order valence-corrected chi connectivity index (χ0v) is 34.7. The van der Waals surface area contributed by atoms with Crippen LogP contribution in [0.4, 0.5) is 0 Å². The number of benzene rings is 4. The summed E-state index contributed by atoms with van der Waals surface area (Å²) in [5.74, 6) is 0. The summed E-state index contributed by atoms with van der Waals surface area (Å²) in [4.78, 5) is 0. The molecular weight excluding hydrogens is 703 g/mol. The van der Waals surface area contributed by atoms with Crippen LogP contribution >= 0.6 is 24.8 Å². The van der Waals surface area contributed by atoms with Crippen LogP contribution in [0, 0.1) is 0 Å². The van der Waals surface area contributed by atoms with Crippen LogP contribution in [0.15, 0.2) is 121 Å². The van der Waals surface area contributed by atoms with E-state index in [0.717, 1.165) is 6.42 Å². The van der Waals surface area contributed by atoms with Gasteiger partial charge < -0.3 is 0 Å². The molecule has 0 fully saturated rings. The Morgan fingerprint density at radius 2 is 0.958 bits per heavy atom. The van der Waals surface area contributed by atoms with Crippen molar-refractivity contribution in [3.63, 3.8) is 0 Å². The third-order valence-corrected chi connectivity index (χ3v) is 10.1. The van der Waals surface area contributed by atoms with Crippen molar-refractivity contribution in [2.24, 2.45) is 0 Å². The number of hydrogen-bond donors (Lipinski definition) is 0. The molecule has 0 aliphatic carbocycles. The molecule has 0 saturated carbocycles. The van der Waals surface area contributed by atoms with E-state index in [9.17, 15) is 0 Å². The van der Waals surface area contributed by atoms with E-state index in [2.05, 4.69) is 191 Å². The molecule has 3 heteroatoms. The van der Waals surface area contributed by atoms with Crippen LogP contribution in [-0.4, -0.2) is 3.21 Å². The molecular formula is C45H54Cl2Zr. The summed E-state index contributed by atoms with van der Waals surface area (Å²) in [7, 11) is 0. The number of fused-ring (bicyclic) bond motifs is 3. The molecule has 0 saturated heterocycles. The van der Waals surface area contributed by atoms with Crippen LogP contribution in [0.5, 0.6) is 0 Å². The van der Waals surface area contributed by atoms with Gasteiger partial charge in [-0.2, -0.15) is 23.3 Å². The first-order valence-corrected chi connectivity index (χ1v) is 17.9. The topological polar surface area (TPSA) is 0 Å². The summed E-state index contributed by atoms with van der Waals surface area (Å²) < 4.78 is 1.42. The van der Waals surface area contributed by atoms with Gasteiger partial charge in [-0.3, -0.25) is 0 Å².